The summed E-state index contributed by atoms with van der Waals surface area (Å²) in [4.78, 5) is 12.3. The molecule has 5 heteroatoms. The second-order valence-corrected chi connectivity index (χ2v) is 5.20. The lowest BCUT2D eigenvalue weighted by Gasteiger charge is -2.33. The van der Waals surface area contributed by atoms with Crippen LogP contribution in [0.2, 0.25) is 0 Å². The van der Waals surface area contributed by atoms with Crippen molar-refractivity contribution >= 4 is 5.97 Å². The zero-order valence-electron chi connectivity index (χ0n) is 12.4. The summed E-state index contributed by atoms with van der Waals surface area (Å²) in [5.74, 6) is -0.0592. The van der Waals surface area contributed by atoms with Gasteiger partial charge in [-0.05, 0) is 39.0 Å². The minimum atomic E-state index is -0.421. The van der Waals surface area contributed by atoms with Crippen LogP contribution in [0.4, 0.5) is 0 Å². The number of allylic oxidation sites excluding steroid dienone is 4. The number of hydrogen-bond acceptors (Lipinski definition) is 5. The zero-order chi connectivity index (χ0) is 15.4. The number of rotatable bonds is 3. The van der Waals surface area contributed by atoms with Crippen LogP contribution >= 0.6 is 0 Å². The highest BCUT2D eigenvalue weighted by Gasteiger charge is 2.39. The average Bonchev–Trinajstić information content (AvgIpc) is 2.47. The van der Waals surface area contributed by atoms with Gasteiger partial charge in [0.05, 0.1) is 17.8 Å². The fraction of sp³-hybridized carbons (Fsp3) is 0.500. The highest BCUT2D eigenvalue weighted by Crippen LogP contribution is 2.41. The molecule has 21 heavy (non-hydrogen) atoms. The van der Waals surface area contributed by atoms with Crippen molar-refractivity contribution in [2.75, 3.05) is 6.61 Å². The first-order chi connectivity index (χ1) is 10.1. The number of carbonyl (C=O) groups excluding carboxylic acids is 1. The van der Waals surface area contributed by atoms with Crippen LogP contribution in [-0.4, -0.2) is 12.6 Å². The molecule has 0 aromatic carbocycles. The number of hydrogen-bond donors (Lipinski definition) is 1. The topological polar surface area (TPSA) is 85.3 Å². The predicted octanol–water partition coefficient (Wildman–Crippen LogP) is 2.52. The standard InChI is InChI=1S/C16H20N2O3/c1-3-20-16(19)13-10(2)21-15(18)12(9-17)14(13)11-7-5-4-6-8-11/h4-5,11,14H,3,6-8,18H2,1-2H3/t11-,14+/m0/s1. The van der Waals surface area contributed by atoms with E-state index in [4.69, 9.17) is 15.2 Å². The fourth-order valence-corrected chi connectivity index (χ4v) is 2.99. The highest BCUT2D eigenvalue weighted by molar-refractivity contribution is 5.91. The molecule has 2 aliphatic rings. The van der Waals surface area contributed by atoms with E-state index in [-0.39, 0.29) is 24.3 Å². The Kier molecular flexibility index (Phi) is 4.69. The molecule has 2 N–H and O–H groups in total. The lowest BCUT2D eigenvalue weighted by molar-refractivity contribution is -0.139. The van der Waals surface area contributed by atoms with Gasteiger partial charge in [0, 0.05) is 5.92 Å². The number of ether oxygens (including phenoxy) is 2. The van der Waals surface area contributed by atoms with Gasteiger partial charge in [0.1, 0.15) is 11.8 Å². The van der Waals surface area contributed by atoms with E-state index < -0.39 is 5.97 Å². The molecule has 1 aliphatic carbocycles. The average molecular weight is 288 g/mol. The Balaban J connectivity index is 2.44. The Morgan fingerprint density at radius 3 is 2.90 bits per heavy atom. The normalized spacial score (nSPS) is 25.4. The molecule has 0 spiro atoms. The van der Waals surface area contributed by atoms with Gasteiger partial charge in [0.15, 0.2) is 0 Å². The Labute approximate surface area is 124 Å². The van der Waals surface area contributed by atoms with E-state index in [0.29, 0.717) is 16.9 Å². The quantitative estimate of drug-likeness (QED) is 0.637. The third-order valence-corrected chi connectivity index (χ3v) is 3.93. The first-order valence-corrected chi connectivity index (χ1v) is 7.20. The molecule has 0 saturated carbocycles. The number of esters is 1. The Hall–Kier alpha value is -2.22. The second kappa shape index (κ2) is 6.49. The monoisotopic (exact) mass is 288 g/mol. The summed E-state index contributed by atoms with van der Waals surface area (Å²) in [6, 6.07) is 2.11. The molecule has 0 fully saturated rings. The molecule has 0 saturated heterocycles. The summed E-state index contributed by atoms with van der Waals surface area (Å²) in [7, 11) is 0. The van der Waals surface area contributed by atoms with Gasteiger partial charge in [0.2, 0.25) is 5.88 Å². The maximum Gasteiger partial charge on any atom is 0.338 e. The predicted molar refractivity (Wildman–Crippen MR) is 77.2 cm³/mol. The maximum absolute atomic E-state index is 12.3. The summed E-state index contributed by atoms with van der Waals surface area (Å²) in [6.07, 6.45) is 6.88. The molecule has 1 heterocycles. The van der Waals surface area contributed by atoms with E-state index in [9.17, 15) is 10.1 Å². The Morgan fingerprint density at radius 2 is 2.33 bits per heavy atom. The molecule has 0 aromatic rings. The Morgan fingerprint density at radius 1 is 1.57 bits per heavy atom. The van der Waals surface area contributed by atoms with Crippen LogP contribution in [0.3, 0.4) is 0 Å². The summed E-state index contributed by atoms with van der Waals surface area (Å²) >= 11 is 0. The first kappa shape index (κ1) is 15.2. The van der Waals surface area contributed by atoms with E-state index in [1.165, 1.54) is 0 Å². The lowest BCUT2D eigenvalue weighted by atomic mass is 9.74. The van der Waals surface area contributed by atoms with Crippen molar-refractivity contribution in [3.05, 3.63) is 34.9 Å². The van der Waals surface area contributed by atoms with Gasteiger partial charge in [-0.1, -0.05) is 12.2 Å². The highest BCUT2D eigenvalue weighted by atomic mass is 16.5. The van der Waals surface area contributed by atoms with Crippen LogP contribution in [-0.2, 0) is 14.3 Å². The van der Waals surface area contributed by atoms with Crippen LogP contribution in [0.5, 0.6) is 0 Å². The van der Waals surface area contributed by atoms with Crippen LogP contribution in [0, 0.1) is 23.2 Å². The molecule has 0 radical (unpaired) electrons. The van der Waals surface area contributed by atoms with Crippen molar-refractivity contribution in [2.24, 2.45) is 17.6 Å². The molecular formula is C16H20N2O3. The molecular weight excluding hydrogens is 268 g/mol. The van der Waals surface area contributed by atoms with E-state index in [1.54, 1.807) is 13.8 Å². The SMILES string of the molecule is CCOC(=O)C1=C(C)OC(N)=C(C#N)[C@H]1[C@H]1CC=CCC1. The summed E-state index contributed by atoms with van der Waals surface area (Å²) in [5, 5.41) is 9.42. The van der Waals surface area contributed by atoms with Gasteiger partial charge >= 0.3 is 5.97 Å². The molecule has 0 amide bonds. The van der Waals surface area contributed by atoms with E-state index in [2.05, 4.69) is 18.2 Å². The van der Waals surface area contributed by atoms with Crippen LogP contribution in [0.15, 0.2) is 34.9 Å². The van der Waals surface area contributed by atoms with Gasteiger partial charge in [-0.15, -0.1) is 0 Å². The minimum Gasteiger partial charge on any atom is -0.463 e. The summed E-state index contributed by atoms with van der Waals surface area (Å²) in [6.45, 7) is 3.73. The number of nitrogens with zero attached hydrogens (tertiary/aromatic N) is 1. The maximum atomic E-state index is 12.3. The van der Waals surface area contributed by atoms with Crippen LogP contribution in [0.25, 0.3) is 0 Å². The molecule has 5 nitrogen and oxygen atoms in total. The smallest absolute Gasteiger partial charge is 0.338 e. The van der Waals surface area contributed by atoms with Gasteiger partial charge < -0.3 is 15.2 Å². The van der Waals surface area contributed by atoms with Crippen molar-refractivity contribution in [3.8, 4) is 6.07 Å². The molecule has 0 unspecified atom stereocenters. The van der Waals surface area contributed by atoms with Gasteiger partial charge in [-0.25, -0.2) is 4.79 Å². The van der Waals surface area contributed by atoms with Gasteiger partial charge in [-0.3, -0.25) is 0 Å². The fourth-order valence-electron chi connectivity index (χ4n) is 2.99. The number of carbonyl (C=O) groups is 1. The molecule has 1 aliphatic heterocycles. The number of nitriles is 1. The third kappa shape index (κ3) is 2.94. The second-order valence-electron chi connectivity index (χ2n) is 5.20. The molecule has 112 valence electrons. The van der Waals surface area contributed by atoms with Gasteiger partial charge in [-0.2, -0.15) is 5.26 Å². The number of nitrogens with two attached hydrogens (primary N) is 1. The van der Waals surface area contributed by atoms with Crippen LogP contribution in [0.1, 0.15) is 33.1 Å². The van der Waals surface area contributed by atoms with E-state index >= 15 is 0 Å². The van der Waals surface area contributed by atoms with Crippen molar-refractivity contribution in [3.63, 3.8) is 0 Å². The van der Waals surface area contributed by atoms with Crippen molar-refractivity contribution < 1.29 is 14.3 Å². The third-order valence-electron chi connectivity index (χ3n) is 3.93. The minimum absolute atomic E-state index is 0.0996. The Bertz CT molecular complexity index is 567. The van der Waals surface area contributed by atoms with Crippen molar-refractivity contribution in [1.82, 2.24) is 0 Å². The lowest BCUT2D eigenvalue weighted by Crippen LogP contribution is -2.32. The molecule has 0 bridgehead atoms. The van der Waals surface area contributed by atoms with Crippen molar-refractivity contribution in [1.29, 1.82) is 5.26 Å². The van der Waals surface area contributed by atoms with E-state index in [1.807, 2.05) is 0 Å². The van der Waals surface area contributed by atoms with Crippen molar-refractivity contribution in [2.45, 2.75) is 33.1 Å². The molecule has 2 atom stereocenters. The first-order valence-electron chi connectivity index (χ1n) is 7.20. The van der Waals surface area contributed by atoms with E-state index in [0.717, 1.165) is 19.3 Å². The zero-order valence-corrected chi connectivity index (χ0v) is 12.4. The summed E-state index contributed by atoms with van der Waals surface area (Å²) in [5.41, 5.74) is 6.61. The summed E-state index contributed by atoms with van der Waals surface area (Å²) < 4.78 is 10.5. The molecule has 2 rings (SSSR count). The largest absolute Gasteiger partial charge is 0.463 e. The molecule has 0 aromatic heterocycles. The van der Waals surface area contributed by atoms with Crippen LogP contribution < -0.4 is 5.73 Å². The van der Waals surface area contributed by atoms with Gasteiger partial charge in [0.25, 0.3) is 0 Å².